The molecule has 6 N–H and O–H groups in total. The molecule has 0 radical (unpaired) electrons. The lowest BCUT2D eigenvalue weighted by Crippen LogP contribution is -2.32. The van der Waals surface area contributed by atoms with Crippen LogP contribution in [0, 0.1) is 0 Å². The van der Waals surface area contributed by atoms with Crippen LogP contribution in [0.4, 0.5) is 17.2 Å². The van der Waals surface area contributed by atoms with Crippen LogP contribution in [0.5, 0.6) is 0 Å². The molecular formula is C25H22N6O3. The van der Waals surface area contributed by atoms with E-state index < -0.39 is 23.6 Å². The van der Waals surface area contributed by atoms with E-state index in [2.05, 4.69) is 15.7 Å². The van der Waals surface area contributed by atoms with E-state index >= 15 is 0 Å². The summed E-state index contributed by atoms with van der Waals surface area (Å²) in [6.45, 7) is 0. The lowest BCUT2D eigenvalue weighted by Gasteiger charge is -2.14. The highest BCUT2D eigenvalue weighted by Crippen LogP contribution is 2.22. The van der Waals surface area contributed by atoms with Crippen LogP contribution in [0.15, 0.2) is 91.1 Å². The van der Waals surface area contributed by atoms with Crippen molar-refractivity contribution in [1.82, 2.24) is 9.78 Å². The zero-order valence-electron chi connectivity index (χ0n) is 18.0. The van der Waals surface area contributed by atoms with Crippen molar-refractivity contribution in [1.29, 1.82) is 0 Å². The molecule has 1 atom stereocenters. The molecule has 1 aromatic heterocycles. The first kappa shape index (κ1) is 22.3. The number of carbonyl (C=O) groups is 3. The number of aromatic nitrogens is 2. The second-order valence-electron chi connectivity index (χ2n) is 7.48. The highest BCUT2D eigenvalue weighted by atomic mass is 16.2. The number of hydrogen-bond acceptors (Lipinski definition) is 5. The Balaban J connectivity index is 1.48. The largest absolute Gasteiger partial charge is 0.394 e. The van der Waals surface area contributed by atoms with Crippen molar-refractivity contribution in [3.8, 4) is 5.69 Å². The fourth-order valence-corrected chi connectivity index (χ4v) is 3.38. The van der Waals surface area contributed by atoms with Crippen LogP contribution in [-0.2, 0) is 9.59 Å². The van der Waals surface area contributed by atoms with E-state index in [-0.39, 0.29) is 5.82 Å². The molecule has 0 spiro atoms. The molecular weight excluding hydrogens is 432 g/mol. The van der Waals surface area contributed by atoms with Crippen molar-refractivity contribution in [2.45, 2.75) is 5.92 Å². The van der Waals surface area contributed by atoms with Crippen molar-refractivity contribution in [2.75, 3.05) is 16.4 Å². The fraction of sp³-hybridized carbons (Fsp3) is 0.0400. The Hall–Kier alpha value is -4.92. The van der Waals surface area contributed by atoms with Gasteiger partial charge in [-0.15, -0.1) is 5.10 Å². The molecule has 0 aliphatic heterocycles. The van der Waals surface area contributed by atoms with E-state index in [1.807, 2.05) is 36.4 Å². The second kappa shape index (κ2) is 9.70. The topological polar surface area (TPSA) is 145 Å². The summed E-state index contributed by atoms with van der Waals surface area (Å²) in [4.78, 5) is 37.4. The standard InChI is InChI=1S/C25H22N6O3/c26-20-15-31(19-9-5-2-6-10-19)30-23(20)29-24(33)17-13-11-16(12-14-17)21(22(27)32)25(34)28-18-7-3-1-4-8-18/h1-15,21H,26H2,(H2,27,32)(H,28,34)(H,29,30,33). The molecule has 4 rings (SSSR count). The van der Waals surface area contributed by atoms with Crippen molar-refractivity contribution in [3.63, 3.8) is 0 Å². The summed E-state index contributed by atoms with van der Waals surface area (Å²) in [7, 11) is 0. The fourth-order valence-electron chi connectivity index (χ4n) is 3.38. The van der Waals surface area contributed by atoms with Crippen LogP contribution in [0.2, 0.25) is 0 Å². The van der Waals surface area contributed by atoms with E-state index in [4.69, 9.17) is 11.5 Å². The number of rotatable bonds is 7. The minimum atomic E-state index is -1.21. The Morgan fingerprint density at radius 3 is 2.06 bits per heavy atom. The number of benzene rings is 3. The van der Waals surface area contributed by atoms with Gasteiger partial charge in [-0.2, -0.15) is 0 Å². The third kappa shape index (κ3) is 4.94. The number of nitrogens with zero attached hydrogens (tertiary/aromatic N) is 2. The average Bonchev–Trinajstić information content (AvgIpc) is 3.20. The molecule has 1 unspecified atom stereocenters. The van der Waals surface area contributed by atoms with E-state index in [1.165, 1.54) is 24.3 Å². The summed E-state index contributed by atoms with van der Waals surface area (Å²) in [5, 5.41) is 9.67. The summed E-state index contributed by atoms with van der Waals surface area (Å²) < 4.78 is 1.57. The second-order valence-corrected chi connectivity index (χ2v) is 7.48. The lowest BCUT2D eigenvalue weighted by atomic mass is 9.96. The molecule has 0 bridgehead atoms. The van der Waals surface area contributed by atoms with Crippen LogP contribution in [-0.4, -0.2) is 27.5 Å². The number of nitrogens with one attached hydrogen (secondary N) is 2. The Labute approximate surface area is 195 Å². The van der Waals surface area contributed by atoms with Crippen molar-refractivity contribution in [2.24, 2.45) is 5.73 Å². The molecule has 3 aromatic carbocycles. The van der Waals surface area contributed by atoms with Gasteiger partial charge in [-0.3, -0.25) is 14.4 Å². The maximum Gasteiger partial charge on any atom is 0.256 e. The molecule has 0 saturated heterocycles. The Morgan fingerprint density at radius 2 is 1.44 bits per heavy atom. The zero-order valence-corrected chi connectivity index (χ0v) is 18.0. The van der Waals surface area contributed by atoms with Crippen LogP contribution in [0.3, 0.4) is 0 Å². The van der Waals surface area contributed by atoms with E-state index in [9.17, 15) is 14.4 Å². The van der Waals surface area contributed by atoms with Gasteiger partial charge in [0, 0.05) is 11.3 Å². The zero-order chi connectivity index (χ0) is 24.1. The number of nitrogen functional groups attached to an aromatic ring is 1. The summed E-state index contributed by atoms with van der Waals surface area (Å²) >= 11 is 0. The third-order valence-electron chi connectivity index (χ3n) is 5.09. The summed E-state index contributed by atoms with van der Waals surface area (Å²) in [6, 6.07) is 24.1. The molecule has 0 aliphatic carbocycles. The van der Waals surface area contributed by atoms with Gasteiger partial charge in [0.25, 0.3) is 5.91 Å². The SMILES string of the molecule is NC(=O)C(C(=O)Nc1ccccc1)c1ccc(C(=O)Nc2nn(-c3ccccc3)cc2N)cc1. The highest BCUT2D eigenvalue weighted by Gasteiger charge is 2.27. The normalized spacial score (nSPS) is 11.4. The maximum atomic E-state index is 12.7. The number of para-hydroxylation sites is 2. The average molecular weight is 454 g/mol. The Morgan fingerprint density at radius 1 is 0.824 bits per heavy atom. The van der Waals surface area contributed by atoms with Gasteiger partial charge in [0.2, 0.25) is 11.8 Å². The van der Waals surface area contributed by atoms with Crippen LogP contribution in [0.25, 0.3) is 5.69 Å². The van der Waals surface area contributed by atoms with E-state index in [0.717, 1.165) is 5.69 Å². The van der Waals surface area contributed by atoms with Crippen LogP contribution in [0.1, 0.15) is 21.8 Å². The quantitative estimate of drug-likeness (QED) is 0.317. The number of hydrogen-bond donors (Lipinski definition) is 4. The number of anilines is 3. The summed E-state index contributed by atoms with van der Waals surface area (Å²) in [5.41, 5.74) is 13.8. The van der Waals surface area contributed by atoms with Crippen LogP contribution >= 0.6 is 0 Å². The number of primary amides is 1. The number of amides is 3. The Bertz CT molecular complexity index is 1320. The minimum absolute atomic E-state index is 0.218. The van der Waals surface area contributed by atoms with Gasteiger partial charge in [-0.1, -0.05) is 48.5 Å². The maximum absolute atomic E-state index is 12.7. The molecule has 170 valence electrons. The summed E-state index contributed by atoms with van der Waals surface area (Å²) in [5.74, 6) is -2.80. The first-order chi connectivity index (χ1) is 16.4. The molecule has 1 heterocycles. The van der Waals surface area contributed by atoms with Gasteiger partial charge in [0.1, 0.15) is 5.92 Å². The molecule has 3 amide bonds. The molecule has 34 heavy (non-hydrogen) atoms. The van der Waals surface area contributed by atoms with E-state index in [1.54, 1.807) is 35.1 Å². The third-order valence-corrected chi connectivity index (χ3v) is 5.09. The lowest BCUT2D eigenvalue weighted by molar-refractivity contribution is -0.127. The molecule has 9 heteroatoms. The molecule has 0 aliphatic rings. The van der Waals surface area contributed by atoms with Gasteiger partial charge in [0.05, 0.1) is 17.6 Å². The highest BCUT2D eigenvalue weighted by molar-refractivity contribution is 6.11. The van der Waals surface area contributed by atoms with E-state index in [0.29, 0.717) is 22.5 Å². The molecule has 4 aromatic rings. The van der Waals surface area contributed by atoms with Crippen LogP contribution < -0.4 is 22.1 Å². The molecule has 0 saturated carbocycles. The monoisotopic (exact) mass is 454 g/mol. The van der Waals surface area contributed by atoms with Gasteiger partial charge >= 0.3 is 0 Å². The molecule has 9 nitrogen and oxygen atoms in total. The van der Waals surface area contributed by atoms with Crippen molar-refractivity contribution in [3.05, 3.63) is 102 Å². The first-order valence-electron chi connectivity index (χ1n) is 10.4. The van der Waals surface area contributed by atoms with Gasteiger partial charge in [-0.05, 0) is 42.0 Å². The predicted octanol–water partition coefficient (Wildman–Crippen LogP) is 2.91. The number of carbonyl (C=O) groups excluding carboxylic acids is 3. The van der Waals surface area contributed by atoms with Gasteiger partial charge < -0.3 is 22.1 Å². The first-order valence-corrected chi connectivity index (χ1v) is 10.4. The van der Waals surface area contributed by atoms with Gasteiger partial charge in [0.15, 0.2) is 5.82 Å². The Kier molecular flexibility index (Phi) is 6.35. The summed E-state index contributed by atoms with van der Waals surface area (Å²) in [6.07, 6.45) is 1.61. The van der Waals surface area contributed by atoms with Crippen molar-refractivity contribution < 1.29 is 14.4 Å². The van der Waals surface area contributed by atoms with Gasteiger partial charge in [-0.25, -0.2) is 4.68 Å². The number of nitrogens with two attached hydrogens (primary N) is 2. The molecule has 0 fully saturated rings. The predicted molar refractivity (Wildman–Crippen MR) is 129 cm³/mol. The van der Waals surface area contributed by atoms with Crippen molar-refractivity contribution >= 4 is 34.9 Å². The minimum Gasteiger partial charge on any atom is -0.394 e. The smallest absolute Gasteiger partial charge is 0.256 e.